The summed E-state index contributed by atoms with van der Waals surface area (Å²) >= 11 is 0. The van der Waals surface area contributed by atoms with Crippen molar-refractivity contribution in [1.82, 2.24) is 19.6 Å². The third-order valence-corrected chi connectivity index (χ3v) is 6.77. The molecule has 1 aliphatic rings. The van der Waals surface area contributed by atoms with Gasteiger partial charge in [0.05, 0.1) is 37.9 Å². The molecular weight excluding hydrogens is 563 g/mol. The Hall–Kier alpha value is -3.36. The molecule has 1 saturated heterocycles. The van der Waals surface area contributed by atoms with Gasteiger partial charge in [0.1, 0.15) is 5.75 Å². The summed E-state index contributed by atoms with van der Waals surface area (Å²) in [6, 6.07) is 21.3. The Morgan fingerprint density at radius 1 is 1.07 bits per heavy atom. The molecule has 4 heterocycles. The smallest absolute Gasteiger partial charge is 0.356 e. The van der Waals surface area contributed by atoms with E-state index in [2.05, 4.69) is 20.4 Å². The average molecular weight is 592 g/mol. The van der Waals surface area contributed by atoms with Crippen molar-refractivity contribution in [1.29, 1.82) is 0 Å². The van der Waals surface area contributed by atoms with E-state index in [0.29, 0.717) is 31.2 Å². The van der Waals surface area contributed by atoms with Crippen LogP contribution in [0.25, 0.3) is 16.9 Å². The van der Waals surface area contributed by atoms with E-state index in [0.717, 1.165) is 39.5 Å². The molecule has 42 heavy (non-hydrogen) atoms. The Balaban J connectivity index is 0.00000353. The quantitative estimate of drug-likeness (QED) is 0.236. The van der Waals surface area contributed by atoms with Crippen LogP contribution in [0.3, 0.4) is 0 Å². The van der Waals surface area contributed by atoms with Crippen LogP contribution in [-0.2, 0) is 16.0 Å². The second-order valence-corrected chi connectivity index (χ2v) is 9.56. The maximum absolute atomic E-state index is 11.9. The largest absolute Gasteiger partial charge is 0.497 e. The van der Waals surface area contributed by atoms with E-state index in [1.807, 2.05) is 78.7 Å². The minimum absolute atomic E-state index is 0. The first-order valence-electron chi connectivity index (χ1n) is 13.0. The Bertz CT molecular complexity index is 1690. The van der Waals surface area contributed by atoms with Crippen molar-refractivity contribution in [2.45, 2.75) is 12.8 Å². The van der Waals surface area contributed by atoms with Crippen LogP contribution in [0.1, 0.15) is 27.9 Å². The SMILES string of the molecule is COc1ccc(CN(C)c2cc(Nc3cccc(-c4ccc(C5OCCO5)cn4)c3)nn3c(C(=O)O)cnc23)cc1.[K]. The number of aromatic nitrogens is 4. The monoisotopic (exact) mass is 591 g/mol. The molecule has 0 amide bonds. The number of hydrogen-bond donors (Lipinski definition) is 2. The number of imidazole rings is 1. The number of nitrogens with one attached hydrogen (secondary N) is 1. The summed E-state index contributed by atoms with van der Waals surface area (Å²) in [6.45, 7) is 1.71. The fraction of sp³-hybridized carbons (Fsp3) is 0.200. The van der Waals surface area contributed by atoms with Crippen LogP contribution in [0.5, 0.6) is 5.75 Å². The normalized spacial score (nSPS) is 13.1. The second-order valence-electron chi connectivity index (χ2n) is 9.56. The predicted octanol–water partition coefficient (Wildman–Crippen LogP) is 4.54. The molecule has 5 aromatic rings. The minimum Gasteiger partial charge on any atom is -0.497 e. The number of benzene rings is 2. The molecule has 209 valence electrons. The van der Waals surface area contributed by atoms with Crippen molar-refractivity contribution in [3.63, 3.8) is 0 Å². The van der Waals surface area contributed by atoms with Crippen LogP contribution in [0.15, 0.2) is 79.1 Å². The number of ether oxygens (including phenoxy) is 3. The predicted molar refractivity (Wildman–Crippen MR) is 158 cm³/mol. The van der Waals surface area contributed by atoms with Crippen LogP contribution < -0.4 is 15.0 Å². The van der Waals surface area contributed by atoms with Crippen molar-refractivity contribution in [2.75, 3.05) is 37.6 Å². The molecule has 0 spiro atoms. The number of methoxy groups -OCH3 is 1. The van der Waals surface area contributed by atoms with Gasteiger partial charge in [-0.2, -0.15) is 0 Å². The van der Waals surface area contributed by atoms with Gasteiger partial charge in [-0.1, -0.05) is 30.3 Å². The van der Waals surface area contributed by atoms with Gasteiger partial charge in [-0.15, -0.1) is 5.10 Å². The zero-order chi connectivity index (χ0) is 28.3. The molecule has 2 aromatic carbocycles. The van der Waals surface area contributed by atoms with Gasteiger partial charge in [0.2, 0.25) is 0 Å². The molecule has 0 atom stereocenters. The Kier molecular flexibility index (Phi) is 9.53. The van der Waals surface area contributed by atoms with E-state index in [1.165, 1.54) is 10.7 Å². The standard InChI is InChI=1S/C30H28N6O5.K/c1-35(18-19-6-9-23(39-2)10-7-19)25-15-27(34-36-26(29(37)38)17-32-28(25)36)33-22-5-3-4-20(14-22)24-11-8-21(16-31-24)30-40-12-13-41-30;/h3-11,14-17,30H,12-13,18H2,1-2H3,(H,33,34)(H,37,38);. The fourth-order valence-corrected chi connectivity index (χ4v) is 4.70. The van der Waals surface area contributed by atoms with E-state index in [1.54, 1.807) is 13.3 Å². The number of fused-ring (bicyclic) bond motifs is 1. The topological polar surface area (TPSA) is 123 Å². The van der Waals surface area contributed by atoms with Crippen LogP contribution in [-0.4, -0.2) is 109 Å². The Labute approximate surface area is 284 Å². The number of carbonyl (C=O) groups is 1. The number of hydrogen-bond acceptors (Lipinski definition) is 9. The van der Waals surface area contributed by atoms with Gasteiger partial charge in [0, 0.05) is 94.1 Å². The van der Waals surface area contributed by atoms with Crippen LogP contribution >= 0.6 is 0 Å². The Morgan fingerprint density at radius 2 is 1.86 bits per heavy atom. The molecule has 1 radical (unpaired) electrons. The molecule has 0 unspecified atom stereocenters. The number of carboxylic acid groups (broad SMARTS) is 1. The summed E-state index contributed by atoms with van der Waals surface area (Å²) in [6.07, 6.45) is 2.70. The summed E-state index contributed by atoms with van der Waals surface area (Å²) in [5, 5.41) is 17.6. The van der Waals surface area contributed by atoms with Crippen molar-refractivity contribution in [2.24, 2.45) is 0 Å². The van der Waals surface area contributed by atoms with Gasteiger partial charge < -0.3 is 29.5 Å². The van der Waals surface area contributed by atoms with Gasteiger partial charge in [0.25, 0.3) is 0 Å². The molecule has 0 saturated carbocycles. The molecule has 11 nitrogen and oxygen atoms in total. The van der Waals surface area contributed by atoms with Crippen LogP contribution in [0.4, 0.5) is 17.2 Å². The van der Waals surface area contributed by atoms with E-state index in [9.17, 15) is 9.90 Å². The van der Waals surface area contributed by atoms with Crippen LogP contribution in [0.2, 0.25) is 0 Å². The van der Waals surface area contributed by atoms with Crippen molar-refractivity contribution < 1.29 is 24.1 Å². The van der Waals surface area contributed by atoms with E-state index < -0.39 is 5.97 Å². The number of nitrogens with zero attached hydrogens (tertiary/aromatic N) is 5. The molecule has 3 aromatic heterocycles. The van der Waals surface area contributed by atoms with Crippen molar-refractivity contribution in [3.8, 4) is 17.0 Å². The molecule has 1 aliphatic heterocycles. The summed E-state index contributed by atoms with van der Waals surface area (Å²) in [5.74, 6) is 0.125. The number of aromatic carboxylic acids is 1. The average Bonchev–Trinajstić information content (AvgIpc) is 3.68. The Morgan fingerprint density at radius 3 is 2.55 bits per heavy atom. The number of pyridine rings is 1. The summed E-state index contributed by atoms with van der Waals surface area (Å²) in [4.78, 5) is 22.9. The van der Waals surface area contributed by atoms with Gasteiger partial charge >= 0.3 is 5.97 Å². The van der Waals surface area contributed by atoms with Gasteiger partial charge in [0.15, 0.2) is 23.4 Å². The minimum atomic E-state index is -1.11. The van der Waals surface area contributed by atoms with E-state index in [-0.39, 0.29) is 63.4 Å². The van der Waals surface area contributed by atoms with Gasteiger partial charge in [-0.25, -0.2) is 14.3 Å². The van der Waals surface area contributed by atoms with Crippen molar-refractivity contribution >= 4 is 80.2 Å². The number of carboxylic acids is 1. The van der Waals surface area contributed by atoms with E-state index in [4.69, 9.17) is 14.2 Å². The third kappa shape index (κ3) is 6.50. The first kappa shape index (κ1) is 30.1. The zero-order valence-electron chi connectivity index (χ0n) is 23.5. The molecule has 2 N–H and O–H groups in total. The van der Waals surface area contributed by atoms with Crippen LogP contribution in [0, 0.1) is 0 Å². The number of anilines is 3. The second kappa shape index (κ2) is 13.3. The van der Waals surface area contributed by atoms with Crippen molar-refractivity contribution in [3.05, 3.63) is 95.9 Å². The zero-order valence-corrected chi connectivity index (χ0v) is 26.6. The molecule has 1 fully saturated rings. The third-order valence-electron chi connectivity index (χ3n) is 6.77. The summed E-state index contributed by atoms with van der Waals surface area (Å²) in [7, 11) is 3.56. The van der Waals surface area contributed by atoms with E-state index >= 15 is 0 Å². The first-order chi connectivity index (χ1) is 20.0. The van der Waals surface area contributed by atoms with Gasteiger partial charge in [-0.05, 0) is 35.9 Å². The maximum Gasteiger partial charge on any atom is 0.356 e. The summed E-state index contributed by atoms with van der Waals surface area (Å²) in [5.41, 5.74) is 5.52. The molecule has 6 rings (SSSR count). The molecule has 0 bridgehead atoms. The molecular formula is C30H28KN6O5. The molecule has 0 aliphatic carbocycles. The maximum atomic E-state index is 11.9. The molecule has 12 heteroatoms. The first-order valence-corrected chi connectivity index (χ1v) is 13.0. The van der Waals surface area contributed by atoms with Gasteiger partial charge in [-0.3, -0.25) is 4.98 Å². The number of rotatable bonds is 9. The fourth-order valence-electron chi connectivity index (χ4n) is 4.70. The summed E-state index contributed by atoms with van der Waals surface area (Å²) < 4.78 is 17.7.